The van der Waals surface area contributed by atoms with E-state index in [1.807, 2.05) is 31.2 Å². The molecule has 4 rings (SSSR count). The molecule has 9 nitrogen and oxygen atoms in total. The second-order valence-electron chi connectivity index (χ2n) is 7.21. The molecule has 2 N–H and O–H groups in total. The third-order valence-electron chi connectivity index (χ3n) is 5.03. The molecular formula is C22H21N5O4S. The Kier molecular flexibility index (Phi) is 5.64. The molecule has 0 spiro atoms. The molecule has 10 heteroatoms. The lowest BCUT2D eigenvalue weighted by atomic mass is 10.1. The van der Waals surface area contributed by atoms with Crippen LogP contribution in [0.4, 0.5) is 0 Å². The van der Waals surface area contributed by atoms with Crippen LogP contribution in [0.2, 0.25) is 0 Å². The molecule has 0 aliphatic heterocycles. The predicted molar refractivity (Wildman–Crippen MR) is 118 cm³/mol. The second-order valence-corrected chi connectivity index (χ2v) is 9.22. The number of hydrogen-bond acceptors (Lipinski definition) is 7. The largest absolute Gasteiger partial charge is 0.507 e. The first-order valence-electron chi connectivity index (χ1n) is 9.66. The minimum Gasteiger partial charge on any atom is -0.507 e. The summed E-state index contributed by atoms with van der Waals surface area (Å²) in [6, 6.07) is 11.5. The molecule has 0 fully saturated rings. The SMILES string of the molecule is Cc1ccccc1-n1nccc1-c1cc(S(=O)(=O)N(C)Cc2cnccn2)c(O)cc1O. The van der Waals surface area contributed by atoms with Crippen molar-refractivity contribution < 1.29 is 18.6 Å². The predicted octanol–water partition coefficient (Wildman–Crippen LogP) is 2.87. The average molecular weight is 452 g/mol. The first-order chi connectivity index (χ1) is 15.3. The van der Waals surface area contributed by atoms with Gasteiger partial charge in [-0.15, -0.1) is 0 Å². The molecule has 0 atom stereocenters. The van der Waals surface area contributed by atoms with E-state index in [9.17, 15) is 18.6 Å². The van der Waals surface area contributed by atoms with Crippen LogP contribution in [0.1, 0.15) is 11.3 Å². The van der Waals surface area contributed by atoms with Gasteiger partial charge < -0.3 is 10.2 Å². The van der Waals surface area contributed by atoms with Gasteiger partial charge in [-0.3, -0.25) is 9.97 Å². The van der Waals surface area contributed by atoms with Crippen molar-refractivity contribution in [2.75, 3.05) is 7.05 Å². The van der Waals surface area contributed by atoms with Gasteiger partial charge in [-0.25, -0.2) is 13.1 Å². The summed E-state index contributed by atoms with van der Waals surface area (Å²) >= 11 is 0. The monoisotopic (exact) mass is 451 g/mol. The van der Waals surface area contributed by atoms with Crippen LogP contribution in [0.25, 0.3) is 16.9 Å². The highest BCUT2D eigenvalue weighted by atomic mass is 32.2. The Balaban J connectivity index is 1.79. The third-order valence-corrected chi connectivity index (χ3v) is 6.86. The highest BCUT2D eigenvalue weighted by Gasteiger charge is 2.27. The number of nitrogens with zero attached hydrogens (tertiary/aromatic N) is 5. The molecular weight excluding hydrogens is 430 g/mol. The summed E-state index contributed by atoms with van der Waals surface area (Å²) < 4.78 is 29.1. The van der Waals surface area contributed by atoms with Crippen LogP contribution in [0.15, 0.2) is 72.1 Å². The van der Waals surface area contributed by atoms with Gasteiger partial charge in [-0.05, 0) is 30.7 Å². The number of aryl methyl sites for hydroxylation is 1. The summed E-state index contributed by atoms with van der Waals surface area (Å²) in [7, 11) is -2.73. The Morgan fingerprint density at radius 2 is 1.81 bits per heavy atom. The summed E-state index contributed by atoms with van der Waals surface area (Å²) in [4.78, 5) is 7.69. The smallest absolute Gasteiger partial charge is 0.246 e. The molecule has 0 saturated heterocycles. The normalized spacial score (nSPS) is 11.7. The number of phenolic OH excluding ortho intramolecular Hbond substituents is 2. The van der Waals surface area contributed by atoms with Crippen molar-refractivity contribution in [2.24, 2.45) is 0 Å². The van der Waals surface area contributed by atoms with Gasteiger partial charge >= 0.3 is 0 Å². The molecule has 0 aliphatic carbocycles. The maximum Gasteiger partial charge on any atom is 0.246 e. The van der Waals surface area contributed by atoms with Crippen LogP contribution < -0.4 is 0 Å². The number of benzene rings is 2. The number of sulfonamides is 1. The zero-order chi connectivity index (χ0) is 22.9. The van der Waals surface area contributed by atoms with Gasteiger partial charge in [0, 0.05) is 37.3 Å². The summed E-state index contributed by atoms with van der Waals surface area (Å²) in [6.07, 6.45) is 5.99. The van der Waals surface area contributed by atoms with E-state index in [1.54, 1.807) is 16.9 Å². The van der Waals surface area contributed by atoms with Crippen molar-refractivity contribution >= 4 is 10.0 Å². The second kappa shape index (κ2) is 8.40. The van der Waals surface area contributed by atoms with Crippen LogP contribution >= 0.6 is 0 Å². The van der Waals surface area contributed by atoms with E-state index in [2.05, 4.69) is 15.1 Å². The van der Waals surface area contributed by atoms with Gasteiger partial charge in [0.25, 0.3) is 0 Å². The lowest BCUT2D eigenvalue weighted by molar-refractivity contribution is 0.428. The molecule has 0 amide bonds. The molecule has 0 saturated carbocycles. The maximum atomic E-state index is 13.2. The van der Waals surface area contributed by atoms with Crippen molar-refractivity contribution in [1.82, 2.24) is 24.1 Å². The number of aromatic nitrogens is 4. The van der Waals surface area contributed by atoms with Crippen molar-refractivity contribution in [1.29, 1.82) is 0 Å². The number of para-hydroxylation sites is 1. The van der Waals surface area contributed by atoms with Crippen molar-refractivity contribution in [3.63, 3.8) is 0 Å². The Hall–Kier alpha value is -3.76. The first kappa shape index (κ1) is 21.5. The minimum atomic E-state index is -4.11. The van der Waals surface area contributed by atoms with Gasteiger partial charge in [0.05, 0.1) is 29.8 Å². The Morgan fingerprint density at radius 3 is 2.53 bits per heavy atom. The minimum absolute atomic E-state index is 0.0348. The quantitative estimate of drug-likeness (QED) is 0.462. The highest BCUT2D eigenvalue weighted by Crippen LogP contribution is 2.38. The number of aromatic hydroxyl groups is 2. The molecule has 0 bridgehead atoms. The van der Waals surface area contributed by atoms with E-state index in [1.165, 1.54) is 31.7 Å². The molecule has 2 aromatic heterocycles. The summed E-state index contributed by atoms with van der Waals surface area (Å²) in [5.41, 5.74) is 2.88. The number of phenols is 2. The third kappa shape index (κ3) is 3.93. The van der Waals surface area contributed by atoms with E-state index in [4.69, 9.17) is 0 Å². The molecule has 2 aromatic carbocycles. The maximum absolute atomic E-state index is 13.2. The lowest BCUT2D eigenvalue weighted by Crippen LogP contribution is -2.27. The average Bonchev–Trinajstić information content (AvgIpc) is 3.24. The highest BCUT2D eigenvalue weighted by molar-refractivity contribution is 7.89. The summed E-state index contributed by atoms with van der Waals surface area (Å²) in [5.74, 6) is -0.826. The summed E-state index contributed by atoms with van der Waals surface area (Å²) in [5, 5.41) is 25.3. The van der Waals surface area contributed by atoms with Gasteiger partial charge in [0.2, 0.25) is 10.0 Å². The molecule has 0 aliphatic rings. The van der Waals surface area contributed by atoms with Crippen molar-refractivity contribution in [3.8, 4) is 28.4 Å². The first-order valence-corrected chi connectivity index (χ1v) is 11.1. The number of rotatable bonds is 6. The fourth-order valence-electron chi connectivity index (χ4n) is 3.36. The van der Waals surface area contributed by atoms with Crippen LogP contribution in [0.3, 0.4) is 0 Å². The van der Waals surface area contributed by atoms with Crippen LogP contribution in [-0.4, -0.2) is 49.7 Å². The van der Waals surface area contributed by atoms with Crippen molar-refractivity contribution in [3.05, 3.63) is 78.5 Å². The van der Waals surface area contributed by atoms with E-state index >= 15 is 0 Å². The Labute approximate surface area is 185 Å². The Bertz CT molecular complexity index is 1370. The van der Waals surface area contributed by atoms with E-state index in [-0.39, 0.29) is 22.8 Å². The van der Waals surface area contributed by atoms with Crippen LogP contribution in [0, 0.1) is 6.92 Å². The molecule has 0 radical (unpaired) electrons. The summed E-state index contributed by atoms with van der Waals surface area (Å²) in [6.45, 7) is 1.89. The Morgan fingerprint density at radius 1 is 1.03 bits per heavy atom. The van der Waals surface area contributed by atoms with E-state index < -0.39 is 15.8 Å². The van der Waals surface area contributed by atoms with Gasteiger partial charge in [0.15, 0.2) is 0 Å². The van der Waals surface area contributed by atoms with E-state index in [0.29, 0.717) is 11.4 Å². The topological polar surface area (TPSA) is 121 Å². The molecule has 2 heterocycles. The van der Waals surface area contributed by atoms with Gasteiger partial charge in [-0.2, -0.15) is 9.40 Å². The molecule has 164 valence electrons. The van der Waals surface area contributed by atoms with Crippen molar-refractivity contribution in [2.45, 2.75) is 18.4 Å². The van der Waals surface area contributed by atoms with Crippen LogP contribution in [-0.2, 0) is 16.6 Å². The zero-order valence-electron chi connectivity index (χ0n) is 17.4. The number of hydrogen-bond donors (Lipinski definition) is 2. The van der Waals surface area contributed by atoms with Crippen LogP contribution in [0.5, 0.6) is 11.5 Å². The van der Waals surface area contributed by atoms with Gasteiger partial charge in [-0.1, -0.05) is 18.2 Å². The standard InChI is InChI=1S/C22H21N5O4S/c1-15-5-3-4-6-18(15)27-19(7-8-25-27)17-11-22(21(29)12-20(17)28)32(30,31)26(2)14-16-13-23-9-10-24-16/h3-13,28-29H,14H2,1-2H3. The molecule has 4 aromatic rings. The fraction of sp³-hybridized carbons (Fsp3) is 0.136. The fourth-order valence-corrected chi connectivity index (χ4v) is 4.59. The lowest BCUT2D eigenvalue weighted by Gasteiger charge is -2.19. The van der Waals surface area contributed by atoms with E-state index in [0.717, 1.165) is 21.6 Å². The van der Waals surface area contributed by atoms with Gasteiger partial charge in [0.1, 0.15) is 16.4 Å². The molecule has 32 heavy (non-hydrogen) atoms. The molecule has 0 unspecified atom stereocenters. The zero-order valence-corrected chi connectivity index (χ0v) is 18.2.